The molecular weight excluding hydrogens is 371 g/mol. The fourth-order valence-electron chi connectivity index (χ4n) is 4.10. The van der Waals surface area contributed by atoms with Crippen molar-refractivity contribution in [1.82, 2.24) is 19.4 Å². The molecule has 1 atom stereocenters. The maximum absolute atomic E-state index is 13.4. The molecule has 0 bridgehead atoms. The van der Waals surface area contributed by atoms with Crippen molar-refractivity contribution in [3.05, 3.63) is 71.7 Å². The van der Waals surface area contributed by atoms with Gasteiger partial charge >= 0.3 is 0 Å². The predicted octanol–water partition coefficient (Wildman–Crippen LogP) is 3.70. The Balaban J connectivity index is 1.52. The van der Waals surface area contributed by atoms with E-state index >= 15 is 0 Å². The van der Waals surface area contributed by atoms with Gasteiger partial charge in [0.2, 0.25) is 11.8 Å². The summed E-state index contributed by atoms with van der Waals surface area (Å²) in [4.78, 5) is 23.7. The third-order valence-corrected chi connectivity index (χ3v) is 5.65. The molecule has 1 amide bonds. The van der Waals surface area contributed by atoms with Crippen LogP contribution in [0.15, 0.2) is 47.3 Å². The maximum Gasteiger partial charge on any atom is 0.243 e. The van der Waals surface area contributed by atoms with Gasteiger partial charge in [-0.15, -0.1) is 0 Å². The van der Waals surface area contributed by atoms with Gasteiger partial charge in [0, 0.05) is 31.8 Å². The Morgan fingerprint density at radius 2 is 2.21 bits per heavy atom. The number of hydrogen-bond acceptors (Lipinski definition) is 4. The summed E-state index contributed by atoms with van der Waals surface area (Å²) in [6.45, 7) is 4.96. The highest BCUT2D eigenvalue weighted by Gasteiger charge is 2.44. The highest BCUT2D eigenvalue weighted by Crippen LogP contribution is 2.38. The van der Waals surface area contributed by atoms with Gasteiger partial charge < -0.3 is 13.9 Å². The zero-order chi connectivity index (χ0) is 20.4. The van der Waals surface area contributed by atoms with Crippen molar-refractivity contribution in [1.29, 1.82) is 0 Å². The number of likely N-dealkylation sites (tertiary alicyclic amines) is 1. The summed E-state index contributed by atoms with van der Waals surface area (Å²) >= 11 is 0. The van der Waals surface area contributed by atoms with Gasteiger partial charge in [-0.2, -0.15) is 0 Å². The number of carbonyl (C=O) groups is 1. The standard InChI is InChI=1S/C22H25FN4O2/c1-3-19-24-9-11-26(19)15-20(28)27-10-5-8-22(27,2)21-25-14-18(29-21)13-16-6-4-7-17(23)12-16/h4,6-7,9,11-12,14H,3,5,8,10,13,15H2,1-2H3/t22-/m0/s1. The van der Waals surface area contributed by atoms with E-state index in [0.29, 0.717) is 24.6 Å². The Labute approximate surface area is 169 Å². The Morgan fingerprint density at radius 1 is 1.34 bits per heavy atom. The lowest BCUT2D eigenvalue weighted by atomic mass is 9.99. The summed E-state index contributed by atoms with van der Waals surface area (Å²) in [7, 11) is 0. The van der Waals surface area contributed by atoms with Crippen molar-refractivity contribution < 1.29 is 13.6 Å². The molecule has 0 saturated carbocycles. The van der Waals surface area contributed by atoms with Crippen LogP contribution in [0.5, 0.6) is 0 Å². The van der Waals surface area contributed by atoms with Crippen molar-refractivity contribution >= 4 is 5.91 Å². The number of hydrogen-bond donors (Lipinski definition) is 0. The number of benzene rings is 1. The number of halogens is 1. The largest absolute Gasteiger partial charge is 0.443 e. The van der Waals surface area contributed by atoms with Crippen LogP contribution in [0.1, 0.15) is 49.7 Å². The molecule has 29 heavy (non-hydrogen) atoms. The summed E-state index contributed by atoms with van der Waals surface area (Å²) in [5.74, 6) is 1.85. The van der Waals surface area contributed by atoms with Crippen LogP contribution >= 0.6 is 0 Å². The van der Waals surface area contributed by atoms with Gasteiger partial charge in [0.25, 0.3) is 0 Å². The van der Waals surface area contributed by atoms with Crippen molar-refractivity contribution in [2.75, 3.05) is 6.54 Å². The third-order valence-electron chi connectivity index (χ3n) is 5.65. The topological polar surface area (TPSA) is 64.2 Å². The van der Waals surface area contributed by atoms with Crippen LogP contribution < -0.4 is 0 Å². The molecule has 152 valence electrons. The van der Waals surface area contributed by atoms with E-state index in [9.17, 15) is 9.18 Å². The zero-order valence-corrected chi connectivity index (χ0v) is 16.8. The van der Waals surface area contributed by atoms with Gasteiger partial charge in [-0.1, -0.05) is 19.1 Å². The Bertz CT molecular complexity index is 1010. The Morgan fingerprint density at radius 3 is 3.00 bits per heavy atom. The lowest BCUT2D eigenvalue weighted by Crippen LogP contribution is -2.44. The quantitative estimate of drug-likeness (QED) is 0.637. The first kappa shape index (κ1) is 19.4. The van der Waals surface area contributed by atoms with E-state index in [1.165, 1.54) is 12.1 Å². The van der Waals surface area contributed by atoms with E-state index in [0.717, 1.165) is 30.7 Å². The first-order valence-corrected chi connectivity index (χ1v) is 9.99. The molecule has 6 nitrogen and oxygen atoms in total. The van der Waals surface area contributed by atoms with Gasteiger partial charge in [-0.05, 0) is 37.5 Å². The van der Waals surface area contributed by atoms with Gasteiger partial charge in [0.15, 0.2) is 0 Å². The van der Waals surface area contributed by atoms with Crippen molar-refractivity contribution in [3.63, 3.8) is 0 Å². The average molecular weight is 396 g/mol. The molecule has 1 fully saturated rings. The molecule has 0 spiro atoms. The van der Waals surface area contributed by atoms with E-state index in [-0.39, 0.29) is 18.3 Å². The van der Waals surface area contributed by atoms with Gasteiger partial charge in [-0.25, -0.2) is 14.4 Å². The molecule has 1 aromatic carbocycles. The van der Waals surface area contributed by atoms with Gasteiger partial charge in [0.1, 0.15) is 29.5 Å². The molecule has 0 radical (unpaired) electrons. The molecule has 0 N–H and O–H groups in total. The molecule has 1 saturated heterocycles. The molecule has 1 aliphatic rings. The minimum absolute atomic E-state index is 0.0302. The van der Waals surface area contributed by atoms with Crippen LogP contribution in [0.2, 0.25) is 0 Å². The number of oxazole rings is 1. The average Bonchev–Trinajstić information content (AvgIpc) is 3.42. The second-order valence-electron chi connectivity index (χ2n) is 7.69. The van der Waals surface area contributed by atoms with E-state index in [2.05, 4.69) is 9.97 Å². The van der Waals surface area contributed by atoms with E-state index in [1.54, 1.807) is 18.5 Å². The van der Waals surface area contributed by atoms with Crippen LogP contribution in [0, 0.1) is 5.82 Å². The van der Waals surface area contributed by atoms with Crippen LogP contribution in [-0.4, -0.2) is 31.9 Å². The molecular formula is C22H25FN4O2. The van der Waals surface area contributed by atoms with Crippen LogP contribution in [-0.2, 0) is 29.7 Å². The number of amides is 1. The van der Waals surface area contributed by atoms with Gasteiger partial charge in [0.05, 0.1) is 6.20 Å². The summed E-state index contributed by atoms with van der Waals surface area (Å²) in [5, 5.41) is 0. The SMILES string of the molecule is CCc1nccn1CC(=O)N1CCC[C@@]1(C)c1ncc(Cc2cccc(F)c2)o1. The monoisotopic (exact) mass is 396 g/mol. The third kappa shape index (κ3) is 3.81. The second kappa shape index (κ2) is 7.81. The summed E-state index contributed by atoms with van der Waals surface area (Å²) in [6.07, 6.45) is 8.17. The predicted molar refractivity (Wildman–Crippen MR) is 106 cm³/mol. The molecule has 3 aromatic rings. The second-order valence-corrected chi connectivity index (χ2v) is 7.69. The van der Waals surface area contributed by atoms with E-state index in [4.69, 9.17) is 4.42 Å². The molecule has 4 rings (SSSR count). The smallest absolute Gasteiger partial charge is 0.243 e. The first-order valence-electron chi connectivity index (χ1n) is 9.99. The zero-order valence-electron chi connectivity index (χ0n) is 16.8. The maximum atomic E-state index is 13.4. The molecule has 1 aliphatic heterocycles. The highest BCUT2D eigenvalue weighted by molar-refractivity contribution is 5.77. The molecule has 0 aliphatic carbocycles. The minimum atomic E-state index is -0.579. The van der Waals surface area contributed by atoms with Crippen LogP contribution in [0.4, 0.5) is 4.39 Å². The fraction of sp³-hybridized carbons (Fsp3) is 0.409. The number of aromatic nitrogens is 3. The number of carbonyl (C=O) groups excluding carboxylic acids is 1. The Kier molecular flexibility index (Phi) is 5.22. The van der Waals surface area contributed by atoms with Crippen molar-refractivity contribution in [2.24, 2.45) is 0 Å². The summed E-state index contributed by atoms with van der Waals surface area (Å²) < 4.78 is 21.4. The van der Waals surface area contributed by atoms with E-state index < -0.39 is 5.54 Å². The normalized spacial score (nSPS) is 19.1. The number of rotatable bonds is 6. The lowest BCUT2D eigenvalue weighted by molar-refractivity contribution is -0.136. The van der Waals surface area contributed by atoms with Gasteiger partial charge in [-0.3, -0.25) is 4.79 Å². The van der Waals surface area contributed by atoms with Crippen LogP contribution in [0.3, 0.4) is 0 Å². The molecule has 7 heteroatoms. The van der Waals surface area contributed by atoms with Crippen LogP contribution in [0.25, 0.3) is 0 Å². The van der Waals surface area contributed by atoms with Crippen molar-refractivity contribution in [2.45, 2.75) is 51.6 Å². The lowest BCUT2D eigenvalue weighted by Gasteiger charge is -2.32. The first-order chi connectivity index (χ1) is 14.0. The molecule has 3 heterocycles. The fourth-order valence-corrected chi connectivity index (χ4v) is 4.10. The summed E-state index contributed by atoms with van der Waals surface area (Å²) in [6, 6.07) is 6.45. The minimum Gasteiger partial charge on any atom is -0.443 e. The number of aryl methyl sites for hydroxylation is 1. The highest BCUT2D eigenvalue weighted by atomic mass is 19.1. The number of imidazole rings is 1. The Hall–Kier alpha value is -2.96. The van der Waals surface area contributed by atoms with E-state index in [1.807, 2.05) is 35.6 Å². The van der Waals surface area contributed by atoms with Crippen molar-refractivity contribution in [3.8, 4) is 0 Å². The molecule has 2 aromatic heterocycles. The number of nitrogens with zero attached hydrogens (tertiary/aromatic N) is 4. The summed E-state index contributed by atoms with van der Waals surface area (Å²) in [5.41, 5.74) is 0.244. The molecule has 0 unspecified atom stereocenters.